The highest BCUT2D eigenvalue weighted by Crippen LogP contribution is 2.29. The van der Waals surface area contributed by atoms with Crippen LogP contribution >= 0.6 is 11.6 Å². The Morgan fingerprint density at radius 2 is 2.00 bits per heavy atom. The molecule has 0 radical (unpaired) electrons. The van der Waals surface area contributed by atoms with Crippen LogP contribution in [0.15, 0.2) is 18.2 Å². The summed E-state index contributed by atoms with van der Waals surface area (Å²) in [4.78, 5) is 0. The van der Waals surface area contributed by atoms with Gasteiger partial charge in [-0.15, -0.1) is 0 Å². The Labute approximate surface area is 114 Å². The molecule has 1 aromatic carbocycles. The molecule has 3 atom stereocenters. The maximum absolute atomic E-state index is 13.2. The molecule has 0 amide bonds. The van der Waals surface area contributed by atoms with Crippen LogP contribution in [0.4, 0.5) is 4.39 Å². The van der Waals surface area contributed by atoms with Gasteiger partial charge in [-0.1, -0.05) is 25.4 Å². The Hall–Kier alpha value is -0.600. The molecule has 0 bridgehead atoms. The van der Waals surface area contributed by atoms with Crippen molar-refractivity contribution in [2.45, 2.75) is 45.7 Å². The molecule has 2 rings (SSSR count). The summed E-state index contributed by atoms with van der Waals surface area (Å²) in [5, 5.41) is 3.99. The van der Waals surface area contributed by atoms with Gasteiger partial charge in [-0.2, -0.15) is 0 Å². The molecule has 0 spiro atoms. The highest BCUT2D eigenvalue weighted by atomic mass is 35.5. The molecule has 0 aromatic heterocycles. The molecule has 3 heteroatoms. The monoisotopic (exact) mass is 269 g/mol. The largest absolute Gasteiger partial charge is 0.310 e. The summed E-state index contributed by atoms with van der Waals surface area (Å²) >= 11 is 5.85. The Balaban J connectivity index is 1.88. The lowest BCUT2D eigenvalue weighted by molar-refractivity contribution is 0.225. The third kappa shape index (κ3) is 3.69. The number of nitrogens with one attached hydrogen (secondary N) is 1. The number of hydrogen-bond donors (Lipinski definition) is 1. The molecule has 0 saturated heterocycles. The summed E-state index contributed by atoms with van der Waals surface area (Å²) in [6.07, 6.45) is 3.71. The van der Waals surface area contributed by atoms with E-state index in [1.807, 2.05) is 6.07 Å². The molecule has 1 aromatic rings. The zero-order valence-electron chi connectivity index (χ0n) is 11.0. The van der Waals surface area contributed by atoms with Crippen molar-refractivity contribution in [3.05, 3.63) is 34.6 Å². The van der Waals surface area contributed by atoms with Gasteiger partial charge in [-0.05, 0) is 54.9 Å². The first-order valence-electron chi connectivity index (χ1n) is 6.73. The topological polar surface area (TPSA) is 12.0 Å². The molecule has 1 fully saturated rings. The number of rotatable bonds is 3. The Kier molecular flexibility index (Phi) is 4.63. The summed E-state index contributed by atoms with van der Waals surface area (Å²) in [6, 6.07) is 5.27. The Morgan fingerprint density at radius 3 is 2.67 bits per heavy atom. The van der Waals surface area contributed by atoms with Crippen LogP contribution in [0.25, 0.3) is 0 Å². The molecule has 100 valence electrons. The lowest BCUT2D eigenvalue weighted by Crippen LogP contribution is -2.35. The lowest BCUT2D eigenvalue weighted by Gasteiger charge is -2.32. The maximum atomic E-state index is 13.2. The van der Waals surface area contributed by atoms with Gasteiger partial charge in [0.05, 0.1) is 0 Å². The van der Waals surface area contributed by atoms with Crippen molar-refractivity contribution < 1.29 is 4.39 Å². The first kappa shape index (κ1) is 13.8. The lowest BCUT2D eigenvalue weighted by atomic mass is 9.79. The van der Waals surface area contributed by atoms with Crippen molar-refractivity contribution in [2.24, 2.45) is 11.8 Å². The van der Waals surface area contributed by atoms with E-state index in [4.69, 9.17) is 11.6 Å². The molecule has 1 aliphatic carbocycles. The van der Waals surface area contributed by atoms with Crippen molar-refractivity contribution >= 4 is 11.6 Å². The smallest absolute Gasteiger partial charge is 0.125 e. The minimum atomic E-state index is -0.259. The third-order valence-electron chi connectivity index (χ3n) is 4.12. The summed E-state index contributed by atoms with van der Waals surface area (Å²) < 4.78 is 13.2. The van der Waals surface area contributed by atoms with E-state index in [2.05, 4.69) is 19.2 Å². The highest BCUT2D eigenvalue weighted by molar-refractivity contribution is 6.30. The van der Waals surface area contributed by atoms with Gasteiger partial charge in [0.2, 0.25) is 0 Å². The van der Waals surface area contributed by atoms with E-state index in [9.17, 15) is 4.39 Å². The molecular formula is C15H21ClFN. The fourth-order valence-electron chi connectivity index (χ4n) is 2.71. The van der Waals surface area contributed by atoms with Crippen molar-refractivity contribution in [1.82, 2.24) is 5.32 Å². The van der Waals surface area contributed by atoms with Gasteiger partial charge in [0.1, 0.15) is 5.82 Å². The minimum absolute atomic E-state index is 0.259. The van der Waals surface area contributed by atoms with E-state index in [1.54, 1.807) is 6.07 Å². The summed E-state index contributed by atoms with van der Waals surface area (Å²) in [6.45, 7) is 5.34. The van der Waals surface area contributed by atoms with Gasteiger partial charge in [0, 0.05) is 17.6 Å². The van der Waals surface area contributed by atoms with E-state index < -0.39 is 0 Å². The summed E-state index contributed by atoms with van der Waals surface area (Å²) in [5.41, 5.74) is 0.922. The van der Waals surface area contributed by atoms with Crippen LogP contribution in [0.3, 0.4) is 0 Å². The Morgan fingerprint density at radius 1 is 1.22 bits per heavy atom. The highest BCUT2D eigenvalue weighted by Gasteiger charge is 2.23. The summed E-state index contributed by atoms with van der Waals surface area (Å²) in [5.74, 6) is 1.34. The molecule has 1 aliphatic rings. The molecule has 1 saturated carbocycles. The molecule has 1 N–H and O–H groups in total. The first-order valence-corrected chi connectivity index (χ1v) is 7.10. The molecule has 0 aliphatic heterocycles. The fourth-order valence-corrected chi connectivity index (χ4v) is 2.95. The van der Waals surface area contributed by atoms with Crippen LogP contribution in [-0.4, -0.2) is 6.04 Å². The average Bonchev–Trinajstić information content (AvgIpc) is 2.29. The molecule has 18 heavy (non-hydrogen) atoms. The number of benzene rings is 1. The van der Waals surface area contributed by atoms with Crippen LogP contribution in [0.5, 0.6) is 0 Å². The van der Waals surface area contributed by atoms with Crippen molar-refractivity contribution in [3.8, 4) is 0 Å². The van der Waals surface area contributed by atoms with E-state index in [1.165, 1.54) is 25.3 Å². The van der Waals surface area contributed by atoms with Crippen molar-refractivity contribution in [2.75, 3.05) is 0 Å². The first-order chi connectivity index (χ1) is 8.54. The van der Waals surface area contributed by atoms with Gasteiger partial charge in [-0.3, -0.25) is 0 Å². The molecule has 1 nitrogen and oxygen atoms in total. The molecule has 3 unspecified atom stereocenters. The van der Waals surface area contributed by atoms with Crippen LogP contribution < -0.4 is 5.32 Å². The van der Waals surface area contributed by atoms with E-state index in [-0.39, 0.29) is 5.82 Å². The van der Waals surface area contributed by atoms with Crippen LogP contribution in [0.1, 0.15) is 38.7 Å². The minimum Gasteiger partial charge on any atom is -0.310 e. The second kappa shape index (κ2) is 6.03. The van der Waals surface area contributed by atoms with Crippen LogP contribution in [0, 0.1) is 17.7 Å². The van der Waals surface area contributed by atoms with Gasteiger partial charge >= 0.3 is 0 Å². The number of halogens is 2. The predicted molar refractivity (Wildman–Crippen MR) is 74.2 cm³/mol. The fraction of sp³-hybridized carbons (Fsp3) is 0.600. The second-order valence-electron chi connectivity index (χ2n) is 5.62. The standard InChI is InChI=1S/C15H21ClFN/c1-10-3-4-15(5-11(10)2)18-9-12-6-13(16)8-14(17)7-12/h6-8,10-11,15,18H,3-5,9H2,1-2H3. The second-order valence-corrected chi connectivity index (χ2v) is 6.06. The Bertz CT molecular complexity index is 387. The average molecular weight is 270 g/mol. The van der Waals surface area contributed by atoms with Crippen molar-refractivity contribution in [1.29, 1.82) is 0 Å². The van der Waals surface area contributed by atoms with Crippen molar-refractivity contribution in [3.63, 3.8) is 0 Å². The summed E-state index contributed by atoms with van der Waals surface area (Å²) in [7, 11) is 0. The van der Waals surface area contributed by atoms with E-state index in [0.29, 0.717) is 17.6 Å². The van der Waals surface area contributed by atoms with Gasteiger partial charge in [-0.25, -0.2) is 4.39 Å². The predicted octanol–water partition coefficient (Wildman–Crippen LogP) is 4.39. The van der Waals surface area contributed by atoms with Gasteiger partial charge in [0.15, 0.2) is 0 Å². The molecule has 0 heterocycles. The van der Waals surface area contributed by atoms with Gasteiger partial charge < -0.3 is 5.32 Å². The zero-order chi connectivity index (χ0) is 13.1. The van der Waals surface area contributed by atoms with Crippen LogP contribution in [0.2, 0.25) is 5.02 Å². The third-order valence-corrected chi connectivity index (χ3v) is 4.33. The molecular weight excluding hydrogens is 249 g/mol. The van der Waals surface area contributed by atoms with E-state index >= 15 is 0 Å². The zero-order valence-corrected chi connectivity index (χ0v) is 11.8. The van der Waals surface area contributed by atoms with Gasteiger partial charge in [0.25, 0.3) is 0 Å². The normalized spacial score (nSPS) is 28.3. The SMILES string of the molecule is CC1CCC(NCc2cc(F)cc(Cl)c2)CC1C. The maximum Gasteiger partial charge on any atom is 0.125 e. The van der Waals surface area contributed by atoms with E-state index in [0.717, 1.165) is 17.4 Å². The number of hydrogen-bond acceptors (Lipinski definition) is 1. The van der Waals surface area contributed by atoms with Crippen LogP contribution in [-0.2, 0) is 6.54 Å². The quantitative estimate of drug-likeness (QED) is 0.858.